The minimum Gasteiger partial charge on any atom is -0.486 e. The lowest BCUT2D eigenvalue weighted by Gasteiger charge is -2.32. The van der Waals surface area contributed by atoms with E-state index in [9.17, 15) is 9.59 Å². The summed E-state index contributed by atoms with van der Waals surface area (Å²) < 4.78 is 5.79. The van der Waals surface area contributed by atoms with Crippen molar-refractivity contribution in [2.75, 3.05) is 0 Å². The SMILES string of the molecule is Cc1ccc(OCc2nc(C(=O)NC3CCCCC3NC(=O)c3ccc4ccccc4c3)cs2)cc1. The summed E-state index contributed by atoms with van der Waals surface area (Å²) >= 11 is 1.41. The molecule has 1 aromatic heterocycles. The third-order valence-electron chi connectivity index (χ3n) is 6.58. The molecule has 3 aromatic carbocycles. The van der Waals surface area contributed by atoms with Crippen molar-refractivity contribution in [2.24, 2.45) is 0 Å². The predicted octanol–water partition coefficient (Wildman–Crippen LogP) is 5.65. The minimum atomic E-state index is -0.218. The molecule has 1 aliphatic carbocycles. The van der Waals surface area contributed by atoms with Crippen molar-refractivity contribution in [3.05, 3.63) is 93.9 Å². The number of aromatic nitrogens is 1. The first kappa shape index (κ1) is 24.0. The van der Waals surface area contributed by atoms with E-state index in [2.05, 4.69) is 15.6 Å². The van der Waals surface area contributed by atoms with Gasteiger partial charge in [0, 0.05) is 23.0 Å². The molecule has 2 amide bonds. The van der Waals surface area contributed by atoms with Crippen molar-refractivity contribution in [1.82, 2.24) is 15.6 Å². The van der Waals surface area contributed by atoms with Crippen molar-refractivity contribution in [3.8, 4) is 5.75 Å². The third kappa shape index (κ3) is 5.74. The van der Waals surface area contributed by atoms with Gasteiger partial charge in [0.25, 0.3) is 11.8 Å². The molecule has 0 spiro atoms. The van der Waals surface area contributed by atoms with Crippen molar-refractivity contribution < 1.29 is 14.3 Å². The second kappa shape index (κ2) is 10.9. The molecule has 6 nitrogen and oxygen atoms in total. The Labute approximate surface area is 214 Å². The van der Waals surface area contributed by atoms with Crippen molar-refractivity contribution >= 4 is 33.9 Å². The zero-order chi connectivity index (χ0) is 24.9. The first-order valence-corrected chi connectivity index (χ1v) is 13.2. The second-order valence-electron chi connectivity index (χ2n) is 9.23. The van der Waals surface area contributed by atoms with Crippen LogP contribution in [-0.2, 0) is 6.61 Å². The molecule has 0 aliphatic heterocycles. The highest BCUT2D eigenvalue weighted by atomic mass is 32.1. The first-order chi connectivity index (χ1) is 17.5. The van der Waals surface area contributed by atoms with Gasteiger partial charge in [0.15, 0.2) is 0 Å². The summed E-state index contributed by atoms with van der Waals surface area (Å²) in [6, 6.07) is 21.3. The number of hydrogen-bond acceptors (Lipinski definition) is 5. The van der Waals surface area contributed by atoms with Gasteiger partial charge in [-0.25, -0.2) is 4.98 Å². The summed E-state index contributed by atoms with van der Waals surface area (Å²) in [6.07, 6.45) is 3.69. The van der Waals surface area contributed by atoms with Crippen LogP contribution >= 0.6 is 11.3 Å². The van der Waals surface area contributed by atoms with Gasteiger partial charge in [-0.1, -0.05) is 60.9 Å². The van der Waals surface area contributed by atoms with E-state index < -0.39 is 0 Å². The molecule has 2 atom stereocenters. The molecule has 1 heterocycles. The van der Waals surface area contributed by atoms with Gasteiger partial charge in [0.1, 0.15) is 23.1 Å². The van der Waals surface area contributed by atoms with Gasteiger partial charge in [-0.2, -0.15) is 0 Å². The van der Waals surface area contributed by atoms with Gasteiger partial charge in [0.2, 0.25) is 0 Å². The van der Waals surface area contributed by atoms with E-state index in [1.54, 1.807) is 5.38 Å². The second-order valence-corrected chi connectivity index (χ2v) is 10.2. The maximum absolute atomic E-state index is 13.0. The third-order valence-corrected chi connectivity index (χ3v) is 7.40. The molecule has 0 saturated heterocycles. The van der Waals surface area contributed by atoms with Gasteiger partial charge in [-0.3, -0.25) is 9.59 Å². The average Bonchev–Trinajstić information content (AvgIpc) is 3.38. The Morgan fingerprint density at radius 2 is 1.61 bits per heavy atom. The number of fused-ring (bicyclic) bond motifs is 1. The smallest absolute Gasteiger partial charge is 0.271 e. The molecule has 7 heteroatoms. The summed E-state index contributed by atoms with van der Waals surface area (Å²) in [7, 11) is 0. The van der Waals surface area contributed by atoms with E-state index in [0.717, 1.165) is 47.2 Å². The number of carbonyl (C=O) groups is 2. The molecule has 2 unspecified atom stereocenters. The van der Waals surface area contributed by atoms with Crippen molar-refractivity contribution in [3.63, 3.8) is 0 Å². The summed E-state index contributed by atoms with van der Waals surface area (Å²) in [5.41, 5.74) is 2.18. The summed E-state index contributed by atoms with van der Waals surface area (Å²) in [4.78, 5) is 30.5. The van der Waals surface area contributed by atoms with E-state index in [1.165, 1.54) is 16.9 Å². The molecule has 1 saturated carbocycles. The number of amides is 2. The molecule has 36 heavy (non-hydrogen) atoms. The lowest BCUT2D eigenvalue weighted by Crippen LogP contribution is -2.53. The normalized spacial score (nSPS) is 17.5. The first-order valence-electron chi connectivity index (χ1n) is 12.3. The van der Waals surface area contributed by atoms with Crippen molar-refractivity contribution in [1.29, 1.82) is 0 Å². The van der Waals surface area contributed by atoms with Gasteiger partial charge >= 0.3 is 0 Å². The Morgan fingerprint density at radius 1 is 0.917 bits per heavy atom. The van der Waals surface area contributed by atoms with Crippen LogP contribution in [0.3, 0.4) is 0 Å². The molecule has 2 N–H and O–H groups in total. The highest BCUT2D eigenvalue weighted by molar-refractivity contribution is 7.09. The van der Waals surface area contributed by atoms with Crippen LogP contribution in [0.1, 0.15) is 57.1 Å². The Hall–Kier alpha value is -3.71. The van der Waals surface area contributed by atoms with Crippen LogP contribution in [0.2, 0.25) is 0 Å². The number of nitrogens with one attached hydrogen (secondary N) is 2. The van der Waals surface area contributed by atoms with Crippen molar-refractivity contribution in [2.45, 2.75) is 51.3 Å². The fourth-order valence-electron chi connectivity index (χ4n) is 4.56. The number of rotatable bonds is 7. The summed E-state index contributed by atoms with van der Waals surface area (Å²) in [5, 5.41) is 10.9. The summed E-state index contributed by atoms with van der Waals surface area (Å²) in [5.74, 6) is 0.440. The van der Waals surface area contributed by atoms with Gasteiger partial charge in [0.05, 0.1) is 0 Å². The number of nitrogens with zero attached hydrogens (tertiary/aromatic N) is 1. The largest absolute Gasteiger partial charge is 0.486 e. The molecule has 1 aliphatic rings. The van der Waals surface area contributed by atoms with E-state index in [0.29, 0.717) is 17.9 Å². The Balaban J connectivity index is 1.19. The molecular weight excluding hydrogens is 470 g/mol. The molecule has 1 fully saturated rings. The average molecular weight is 500 g/mol. The highest BCUT2D eigenvalue weighted by Gasteiger charge is 2.29. The quantitative estimate of drug-likeness (QED) is 0.344. The molecule has 4 aromatic rings. The van der Waals surface area contributed by atoms with Crippen LogP contribution in [-0.4, -0.2) is 28.9 Å². The zero-order valence-corrected chi connectivity index (χ0v) is 21.0. The summed E-state index contributed by atoms with van der Waals surface area (Å²) in [6.45, 7) is 2.34. The lowest BCUT2D eigenvalue weighted by molar-refractivity contribution is 0.0860. The number of ether oxygens (including phenoxy) is 1. The Kier molecular flexibility index (Phi) is 7.28. The van der Waals surface area contributed by atoms with E-state index in [4.69, 9.17) is 4.74 Å². The molecule has 0 bridgehead atoms. The standard InChI is InChI=1S/C29H29N3O3S/c1-19-10-14-23(15-11-19)35-17-27-30-26(18-36-27)29(34)32-25-9-5-4-8-24(25)31-28(33)22-13-12-20-6-2-3-7-21(20)16-22/h2-3,6-7,10-16,18,24-25H,4-5,8-9,17H2,1H3,(H,31,33)(H,32,34). The molecule has 5 rings (SSSR count). The van der Waals surface area contributed by atoms with Crippen LogP contribution < -0.4 is 15.4 Å². The fourth-order valence-corrected chi connectivity index (χ4v) is 5.25. The van der Waals surface area contributed by atoms with E-state index in [-0.39, 0.29) is 23.9 Å². The van der Waals surface area contributed by atoms with Crippen LogP contribution in [0, 0.1) is 6.92 Å². The number of thiazole rings is 1. The Bertz CT molecular complexity index is 1370. The molecule has 184 valence electrons. The van der Waals surface area contributed by atoms with Crippen LogP contribution in [0.25, 0.3) is 10.8 Å². The van der Waals surface area contributed by atoms with Gasteiger partial charge in [-0.05, 0) is 54.8 Å². The fraction of sp³-hybridized carbons (Fsp3) is 0.276. The maximum atomic E-state index is 13.0. The molecular formula is C29H29N3O3S. The zero-order valence-electron chi connectivity index (χ0n) is 20.2. The number of benzene rings is 3. The maximum Gasteiger partial charge on any atom is 0.271 e. The number of carbonyl (C=O) groups excluding carboxylic acids is 2. The highest BCUT2D eigenvalue weighted by Crippen LogP contribution is 2.22. The predicted molar refractivity (Wildman–Crippen MR) is 143 cm³/mol. The van der Waals surface area contributed by atoms with Crippen LogP contribution in [0.15, 0.2) is 72.1 Å². The van der Waals surface area contributed by atoms with Gasteiger partial charge in [-0.15, -0.1) is 11.3 Å². The van der Waals surface area contributed by atoms with Crippen LogP contribution in [0.4, 0.5) is 0 Å². The van der Waals surface area contributed by atoms with E-state index >= 15 is 0 Å². The van der Waals surface area contributed by atoms with Gasteiger partial charge < -0.3 is 15.4 Å². The number of hydrogen-bond donors (Lipinski definition) is 2. The van der Waals surface area contributed by atoms with Crippen LogP contribution in [0.5, 0.6) is 5.75 Å². The Morgan fingerprint density at radius 3 is 2.36 bits per heavy atom. The topological polar surface area (TPSA) is 80.3 Å². The molecule has 0 radical (unpaired) electrons. The van der Waals surface area contributed by atoms with E-state index in [1.807, 2.05) is 73.7 Å². The monoisotopic (exact) mass is 499 g/mol. The lowest BCUT2D eigenvalue weighted by atomic mass is 9.90. The minimum absolute atomic E-state index is 0.115. The number of aryl methyl sites for hydroxylation is 1.